The molecule has 0 aliphatic carbocycles. The Morgan fingerprint density at radius 1 is 1.32 bits per heavy atom. The molecular formula is C18H20N4O3. The average molecular weight is 340 g/mol. The van der Waals surface area contributed by atoms with E-state index in [0.29, 0.717) is 22.6 Å². The number of imidazole rings is 1. The van der Waals surface area contributed by atoms with E-state index in [1.54, 1.807) is 42.3 Å². The number of nitrogens with zero attached hydrogens (tertiary/aromatic N) is 4. The predicted octanol–water partition coefficient (Wildman–Crippen LogP) is 2.12. The van der Waals surface area contributed by atoms with E-state index in [9.17, 15) is 9.59 Å². The van der Waals surface area contributed by atoms with Crippen molar-refractivity contribution in [3.05, 3.63) is 64.1 Å². The maximum absolute atomic E-state index is 13.0. The van der Waals surface area contributed by atoms with Crippen LogP contribution in [0.4, 0.5) is 0 Å². The van der Waals surface area contributed by atoms with E-state index < -0.39 is 5.69 Å². The Morgan fingerprint density at radius 2 is 2.08 bits per heavy atom. The van der Waals surface area contributed by atoms with Crippen LogP contribution in [0.1, 0.15) is 19.9 Å². The summed E-state index contributed by atoms with van der Waals surface area (Å²) in [6.45, 7) is 7.68. The highest BCUT2D eigenvalue weighted by Crippen LogP contribution is 2.19. The van der Waals surface area contributed by atoms with E-state index in [1.807, 2.05) is 13.8 Å². The zero-order chi connectivity index (χ0) is 18.1. The normalized spacial score (nSPS) is 11.2. The third kappa shape index (κ3) is 2.67. The predicted molar refractivity (Wildman–Crippen MR) is 96.7 cm³/mol. The van der Waals surface area contributed by atoms with E-state index in [0.717, 1.165) is 4.57 Å². The minimum Gasteiger partial charge on any atom is -0.497 e. The number of fused-ring (bicyclic) bond motifs is 1. The van der Waals surface area contributed by atoms with Gasteiger partial charge in [-0.2, -0.15) is 0 Å². The zero-order valence-corrected chi connectivity index (χ0v) is 14.5. The van der Waals surface area contributed by atoms with Crippen LogP contribution in [0, 0.1) is 0 Å². The van der Waals surface area contributed by atoms with Crippen LogP contribution in [0.15, 0.2) is 52.8 Å². The van der Waals surface area contributed by atoms with E-state index in [1.165, 1.54) is 10.6 Å². The van der Waals surface area contributed by atoms with Crippen molar-refractivity contribution in [1.82, 2.24) is 18.7 Å². The minimum atomic E-state index is -0.459. The number of allylic oxidation sites excluding steroid dienone is 1. The highest BCUT2D eigenvalue weighted by Gasteiger charge is 2.19. The van der Waals surface area contributed by atoms with Gasteiger partial charge in [0.2, 0.25) is 0 Å². The number of hydrogen-bond donors (Lipinski definition) is 0. The summed E-state index contributed by atoms with van der Waals surface area (Å²) in [5, 5.41) is 0. The summed E-state index contributed by atoms with van der Waals surface area (Å²) in [5.74, 6) is 0.613. The molecule has 7 heteroatoms. The number of rotatable bonds is 5. The van der Waals surface area contributed by atoms with Crippen molar-refractivity contribution in [2.24, 2.45) is 0 Å². The smallest absolute Gasteiger partial charge is 0.337 e. The maximum atomic E-state index is 13.0. The second-order valence-electron chi connectivity index (χ2n) is 5.94. The molecule has 25 heavy (non-hydrogen) atoms. The lowest BCUT2D eigenvalue weighted by molar-refractivity contribution is 0.414. The SMILES string of the molecule is C=CCn1c(=O)c2c(ncn2C(C)C)n(-c2cccc(OC)c2)c1=O. The third-order valence-electron chi connectivity index (χ3n) is 4.04. The van der Waals surface area contributed by atoms with Gasteiger partial charge in [0.05, 0.1) is 19.1 Å². The van der Waals surface area contributed by atoms with E-state index >= 15 is 0 Å². The molecule has 130 valence electrons. The molecule has 3 aromatic rings. The van der Waals surface area contributed by atoms with Gasteiger partial charge < -0.3 is 9.30 Å². The van der Waals surface area contributed by atoms with Crippen molar-refractivity contribution in [2.45, 2.75) is 26.4 Å². The summed E-state index contributed by atoms with van der Waals surface area (Å²) in [6.07, 6.45) is 3.12. The van der Waals surface area contributed by atoms with Gasteiger partial charge in [0.25, 0.3) is 5.56 Å². The largest absolute Gasteiger partial charge is 0.497 e. The maximum Gasteiger partial charge on any atom is 0.337 e. The van der Waals surface area contributed by atoms with E-state index in [4.69, 9.17) is 4.74 Å². The molecule has 0 saturated carbocycles. The Morgan fingerprint density at radius 3 is 2.72 bits per heavy atom. The summed E-state index contributed by atoms with van der Waals surface area (Å²) in [6, 6.07) is 7.12. The van der Waals surface area contributed by atoms with Gasteiger partial charge in [-0.1, -0.05) is 12.1 Å². The molecule has 2 heterocycles. The molecule has 0 unspecified atom stereocenters. The summed E-state index contributed by atoms with van der Waals surface area (Å²) >= 11 is 0. The van der Waals surface area contributed by atoms with Crippen LogP contribution < -0.4 is 16.0 Å². The monoisotopic (exact) mass is 340 g/mol. The van der Waals surface area contributed by atoms with E-state index in [2.05, 4.69) is 11.6 Å². The van der Waals surface area contributed by atoms with Crippen LogP contribution in [0.5, 0.6) is 5.75 Å². The molecule has 0 aliphatic rings. The quantitative estimate of drug-likeness (QED) is 0.667. The molecule has 7 nitrogen and oxygen atoms in total. The first-order valence-electron chi connectivity index (χ1n) is 7.97. The third-order valence-corrected chi connectivity index (χ3v) is 4.04. The minimum absolute atomic E-state index is 0.0335. The summed E-state index contributed by atoms with van der Waals surface area (Å²) in [7, 11) is 1.56. The van der Waals surface area contributed by atoms with Crippen LogP contribution in [-0.4, -0.2) is 25.8 Å². The first-order chi connectivity index (χ1) is 12.0. The fourth-order valence-corrected chi connectivity index (χ4v) is 2.81. The first kappa shape index (κ1) is 16.8. The van der Waals surface area contributed by atoms with Gasteiger partial charge in [-0.05, 0) is 26.0 Å². The Balaban J connectivity index is 2.47. The van der Waals surface area contributed by atoms with Crippen molar-refractivity contribution in [3.63, 3.8) is 0 Å². The number of ether oxygens (including phenoxy) is 1. The molecule has 0 N–H and O–H groups in total. The number of methoxy groups -OCH3 is 1. The molecule has 0 bridgehead atoms. The van der Waals surface area contributed by atoms with Crippen molar-refractivity contribution in [3.8, 4) is 11.4 Å². The van der Waals surface area contributed by atoms with Crippen LogP contribution >= 0.6 is 0 Å². The number of benzene rings is 1. The van der Waals surface area contributed by atoms with Crippen LogP contribution in [0.2, 0.25) is 0 Å². The molecule has 3 rings (SSSR count). The van der Waals surface area contributed by atoms with Crippen molar-refractivity contribution in [1.29, 1.82) is 0 Å². The van der Waals surface area contributed by atoms with Gasteiger partial charge in [-0.15, -0.1) is 6.58 Å². The molecular weight excluding hydrogens is 320 g/mol. The average Bonchev–Trinajstić information content (AvgIpc) is 3.04. The standard InChI is InChI=1S/C18H20N4O3/c1-5-9-20-17(23)15-16(19-11-21(15)12(2)3)22(18(20)24)13-7-6-8-14(10-13)25-4/h5-8,10-12H,1,9H2,2-4H3. The topological polar surface area (TPSA) is 71.1 Å². The summed E-state index contributed by atoms with van der Waals surface area (Å²) < 4.78 is 9.61. The van der Waals surface area contributed by atoms with Gasteiger partial charge in [-0.25, -0.2) is 14.3 Å². The van der Waals surface area contributed by atoms with Gasteiger partial charge in [0, 0.05) is 18.7 Å². The lowest BCUT2D eigenvalue weighted by Gasteiger charge is -2.13. The molecule has 0 atom stereocenters. The van der Waals surface area contributed by atoms with Gasteiger partial charge >= 0.3 is 5.69 Å². The van der Waals surface area contributed by atoms with Crippen molar-refractivity contribution in [2.75, 3.05) is 7.11 Å². The molecule has 0 saturated heterocycles. The van der Waals surface area contributed by atoms with Crippen LogP contribution in [-0.2, 0) is 6.54 Å². The summed E-state index contributed by atoms with van der Waals surface area (Å²) in [5.41, 5.74) is 0.475. The molecule has 0 amide bonds. The van der Waals surface area contributed by atoms with Gasteiger partial charge in [-0.3, -0.25) is 9.36 Å². The second-order valence-corrected chi connectivity index (χ2v) is 5.94. The highest BCUT2D eigenvalue weighted by atomic mass is 16.5. The van der Waals surface area contributed by atoms with Gasteiger partial charge in [0.1, 0.15) is 5.75 Å². The van der Waals surface area contributed by atoms with Crippen molar-refractivity contribution >= 4 is 11.2 Å². The molecule has 0 spiro atoms. The number of aromatic nitrogens is 4. The molecule has 0 fully saturated rings. The van der Waals surface area contributed by atoms with Crippen molar-refractivity contribution < 1.29 is 4.74 Å². The Kier molecular flexibility index (Phi) is 4.31. The summed E-state index contributed by atoms with van der Waals surface area (Å²) in [4.78, 5) is 30.2. The van der Waals surface area contributed by atoms with Crippen LogP contribution in [0.25, 0.3) is 16.9 Å². The Bertz CT molecular complexity index is 1060. The molecule has 2 aromatic heterocycles. The Labute approximate surface area is 144 Å². The molecule has 0 radical (unpaired) electrons. The lowest BCUT2D eigenvalue weighted by atomic mass is 10.3. The second kappa shape index (κ2) is 6.43. The fraction of sp³-hybridized carbons (Fsp3) is 0.278. The molecule has 1 aromatic carbocycles. The van der Waals surface area contributed by atoms with Gasteiger partial charge in [0.15, 0.2) is 11.2 Å². The first-order valence-corrected chi connectivity index (χ1v) is 7.97. The Hall–Kier alpha value is -3.09. The van der Waals surface area contributed by atoms with Crippen LogP contribution in [0.3, 0.4) is 0 Å². The highest BCUT2D eigenvalue weighted by molar-refractivity contribution is 5.72. The molecule has 0 aliphatic heterocycles. The number of hydrogen-bond acceptors (Lipinski definition) is 4. The van der Waals surface area contributed by atoms with E-state index in [-0.39, 0.29) is 18.1 Å². The fourth-order valence-electron chi connectivity index (χ4n) is 2.81. The lowest BCUT2D eigenvalue weighted by Crippen LogP contribution is -2.39. The zero-order valence-electron chi connectivity index (χ0n) is 14.5.